The van der Waals surface area contributed by atoms with Crippen molar-refractivity contribution in [2.45, 2.75) is 19.9 Å². The van der Waals surface area contributed by atoms with E-state index in [1.54, 1.807) is 6.20 Å². The number of benzene rings is 2. The average Bonchev–Trinajstić information content (AvgIpc) is 2.69. The van der Waals surface area contributed by atoms with Crippen LogP contribution in [-0.4, -0.2) is 33.7 Å². The fourth-order valence-electron chi connectivity index (χ4n) is 2.70. The lowest BCUT2D eigenvalue weighted by Crippen LogP contribution is -2.34. The lowest BCUT2D eigenvalue weighted by atomic mass is 10.0. The Hall–Kier alpha value is -3.25. The molecule has 1 heterocycles. The molecule has 0 aliphatic heterocycles. The predicted octanol–water partition coefficient (Wildman–Crippen LogP) is 4.04. The van der Waals surface area contributed by atoms with Gasteiger partial charge in [0.25, 0.3) is 0 Å². The van der Waals surface area contributed by atoms with E-state index in [2.05, 4.69) is 4.98 Å². The molecule has 0 saturated carbocycles. The van der Waals surface area contributed by atoms with E-state index in [4.69, 9.17) is 14.9 Å². The minimum absolute atomic E-state index is 0.107. The van der Waals surface area contributed by atoms with E-state index in [-0.39, 0.29) is 6.04 Å². The van der Waals surface area contributed by atoms with Crippen LogP contribution in [0.25, 0.3) is 22.5 Å². The molecule has 3 rings (SSSR count). The summed E-state index contributed by atoms with van der Waals surface area (Å²) in [5.41, 5.74) is 3.35. The Labute approximate surface area is 158 Å². The monoisotopic (exact) mass is 363 g/mol. The number of aliphatic carboxylic acids is 1. The zero-order chi connectivity index (χ0) is 19.2. The minimum atomic E-state index is -1.04. The molecule has 0 atom stereocenters. The van der Waals surface area contributed by atoms with Gasteiger partial charge < -0.3 is 5.11 Å². The maximum Gasteiger partial charge on any atom is 0.332 e. The van der Waals surface area contributed by atoms with Crippen LogP contribution in [0.4, 0.5) is 5.82 Å². The predicted molar refractivity (Wildman–Crippen MR) is 104 cm³/mol. The second kappa shape index (κ2) is 8.42. The fourth-order valence-corrected chi connectivity index (χ4v) is 2.70. The van der Waals surface area contributed by atoms with Crippen molar-refractivity contribution in [3.8, 4) is 22.5 Å². The number of rotatable bonds is 7. The zero-order valence-corrected chi connectivity index (χ0v) is 15.2. The van der Waals surface area contributed by atoms with Crippen molar-refractivity contribution >= 4 is 11.8 Å². The normalized spacial score (nSPS) is 10.8. The molecule has 138 valence electrons. The molecule has 0 aliphatic carbocycles. The molecule has 0 unspecified atom stereocenters. The average molecular weight is 363 g/mol. The standard InChI is InChI=1S/C21H21N3O3/c1-15(2)24(27-14-19(25)26)18-13-22-20(16-9-5-3-6-10-16)21(23-18)17-11-7-4-8-12-17/h3-13,15H,14H2,1-2H3,(H,25,26). The van der Waals surface area contributed by atoms with Gasteiger partial charge in [-0.1, -0.05) is 60.7 Å². The highest BCUT2D eigenvalue weighted by atomic mass is 16.7. The molecule has 1 N–H and O–H groups in total. The highest BCUT2D eigenvalue weighted by molar-refractivity contribution is 5.78. The first kappa shape index (κ1) is 18.5. The lowest BCUT2D eigenvalue weighted by Gasteiger charge is -2.26. The third-order valence-corrected chi connectivity index (χ3v) is 3.88. The van der Waals surface area contributed by atoms with Crippen LogP contribution in [0.3, 0.4) is 0 Å². The molecule has 0 radical (unpaired) electrons. The van der Waals surface area contributed by atoms with E-state index in [0.717, 1.165) is 16.8 Å². The molecule has 0 saturated heterocycles. The van der Waals surface area contributed by atoms with Gasteiger partial charge in [0.1, 0.15) is 0 Å². The van der Waals surface area contributed by atoms with Gasteiger partial charge in [0.2, 0.25) is 0 Å². The van der Waals surface area contributed by atoms with Crippen molar-refractivity contribution in [1.29, 1.82) is 0 Å². The van der Waals surface area contributed by atoms with E-state index < -0.39 is 12.6 Å². The van der Waals surface area contributed by atoms with Crippen molar-refractivity contribution in [2.24, 2.45) is 0 Å². The number of hydrogen-bond acceptors (Lipinski definition) is 5. The van der Waals surface area contributed by atoms with Crippen LogP contribution in [-0.2, 0) is 9.63 Å². The molecule has 0 aliphatic rings. The zero-order valence-electron chi connectivity index (χ0n) is 15.2. The minimum Gasteiger partial charge on any atom is -0.479 e. The quantitative estimate of drug-likeness (QED) is 0.639. The number of nitrogens with zero attached hydrogens (tertiary/aromatic N) is 3. The summed E-state index contributed by atoms with van der Waals surface area (Å²) in [5.74, 6) is -0.581. The van der Waals surface area contributed by atoms with Gasteiger partial charge in [-0.15, -0.1) is 0 Å². The van der Waals surface area contributed by atoms with Gasteiger partial charge in [0.15, 0.2) is 12.4 Å². The largest absolute Gasteiger partial charge is 0.479 e. The molecular formula is C21H21N3O3. The van der Waals surface area contributed by atoms with Gasteiger partial charge in [-0.3, -0.25) is 9.82 Å². The Morgan fingerprint density at radius 1 is 1.00 bits per heavy atom. The first-order chi connectivity index (χ1) is 13.1. The molecule has 6 heteroatoms. The summed E-state index contributed by atoms with van der Waals surface area (Å²) in [6, 6.07) is 19.5. The lowest BCUT2D eigenvalue weighted by molar-refractivity contribution is -0.143. The second-order valence-electron chi connectivity index (χ2n) is 6.24. The Morgan fingerprint density at radius 3 is 2.07 bits per heavy atom. The Morgan fingerprint density at radius 2 is 1.56 bits per heavy atom. The Balaban J connectivity index is 2.09. The van der Waals surface area contributed by atoms with Crippen LogP contribution in [0.2, 0.25) is 0 Å². The summed E-state index contributed by atoms with van der Waals surface area (Å²) in [6.45, 7) is 3.36. The van der Waals surface area contributed by atoms with E-state index in [9.17, 15) is 4.79 Å². The van der Waals surface area contributed by atoms with Gasteiger partial charge in [0, 0.05) is 11.1 Å². The summed E-state index contributed by atoms with van der Waals surface area (Å²) in [6.07, 6.45) is 1.61. The van der Waals surface area contributed by atoms with Gasteiger partial charge in [-0.05, 0) is 13.8 Å². The summed E-state index contributed by atoms with van der Waals surface area (Å²) in [4.78, 5) is 25.7. The van der Waals surface area contributed by atoms with Gasteiger partial charge in [-0.25, -0.2) is 14.8 Å². The van der Waals surface area contributed by atoms with Gasteiger partial charge >= 0.3 is 5.97 Å². The summed E-state index contributed by atoms with van der Waals surface area (Å²) >= 11 is 0. The van der Waals surface area contributed by atoms with Crippen LogP contribution in [0, 0.1) is 0 Å². The van der Waals surface area contributed by atoms with Gasteiger partial charge in [-0.2, -0.15) is 0 Å². The first-order valence-electron chi connectivity index (χ1n) is 8.68. The van der Waals surface area contributed by atoms with Crippen molar-refractivity contribution in [3.05, 3.63) is 66.9 Å². The molecular weight excluding hydrogens is 342 g/mol. The Bertz CT molecular complexity index is 899. The summed E-state index contributed by atoms with van der Waals surface area (Å²) in [5, 5.41) is 10.4. The molecule has 0 amide bonds. The van der Waals surface area contributed by atoms with Crippen molar-refractivity contribution in [1.82, 2.24) is 9.97 Å². The molecule has 27 heavy (non-hydrogen) atoms. The maximum absolute atomic E-state index is 10.9. The molecule has 0 bridgehead atoms. The van der Waals surface area contributed by atoms with Crippen LogP contribution in [0.5, 0.6) is 0 Å². The van der Waals surface area contributed by atoms with Crippen LogP contribution in [0.15, 0.2) is 66.9 Å². The van der Waals surface area contributed by atoms with E-state index in [1.807, 2.05) is 74.5 Å². The van der Waals surface area contributed by atoms with Crippen molar-refractivity contribution in [2.75, 3.05) is 11.7 Å². The number of anilines is 1. The smallest absolute Gasteiger partial charge is 0.332 e. The molecule has 2 aromatic carbocycles. The number of hydroxylamine groups is 1. The molecule has 0 fully saturated rings. The topological polar surface area (TPSA) is 75.5 Å². The molecule has 0 spiro atoms. The molecule has 1 aromatic heterocycles. The highest BCUT2D eigenvalue weighted by Gasteiger charge is 2.19. The number of carbonyl (C=O) groups is 1. The van der Waals surface area contributed by atoms with Gasteiger partial charge in [0.05, 0.1) is 23.6 Å². The van der Waals surface area contributed by atoms with Crippen LogP contribution >= 0.6 is 0 Å². The number of carboxylic acids is 1. The number of hydrogen-bond donors (Lipinski definition) is 1. The van der Waals surface area contributed by atoms with Crippen molar-refractivity contribution < 1.29 is 14.7 Å². The molecule has 6 nitrogen and oxygen atoms in total. The fraction of sp³-hybridized carbons (Fsp3) is 0.190. The SMILES string of the molecule is CC(C)N(OCC(=O)O)c1cnc(-c2ccccc2)c(-c2ccccc2)n1. The Kier molecular flexibility index (Phi) is 5.78. The summed E-state index contributed by atoms with van der Waals surface area (Å²) in [7, 11) is 0. The summed E-state index contributed by atoms with van der Waals surface area (Å²) < 4.78 is 0. The molecule has 3 aromatic rings. The third kappa shape index (κ3) is 4.48. The van der Waals surface area contributed by atoms with E-state index in [1.165, 1.54) is 5.06 Å². The third-order valence-electron chi connectivity index (χ3n) is 3.88. The van der Waals surface area contributed by atoms with E-state index in [0.29, 0.717) is 11.5 Å². The van der Waals surface area contributed by atoms with Crippen LogP contribution in [0.1, 0.15) is 13.8 Å². The van der Waals surface area contributed by atoms with E-state index >= 15 is 0 Å². The number of aromatic nitrogens is 2. The van der Waals surface area contributed by atoms with Crippen LogP contribution < -0.4 is 5.06 Å². The second-order valence-corrected chi connectivity index (χ2v) is 6.24. The van der Waals surface area contributed by atoms with Crippen molar-refractivity contribution in [3.63, 3.8) is 0 Å². The first-order valence-corrected chi connectivity index (χ1v) is 8.68. The number of carboxylic acid groups (broad SMARTS) is 1. The maximum atomic E-state index is 10.9. The highest BCUT2D eigenvalue weighted by Crippen LogP contribution is 2.30.